The van der Waals surface area contributed by atoms with Gasteiger partial charge in [-0.05, 0) is 42.0 Å². The molecular weight excluding hydrogens is 406 g/mol. The predicted molar refractivity (Wildman–Crippen MR) is 98.6 cm³/mol. The minimum atomic E-state index is -2.49. The molecule has 0 spiro atoms. The van der Waals surface area contributed by atoms with Gasteiger partial charge in [0, 0.05) is 16.6 Å². The van der Waals surface area contributed by atoms with Gasteiger partial charge in [0.15, 0.2) is 0 Å². The minimum Gasteiger partial charge on any atom is -0.480 e. The number of methoxy groups -OCH3 is 1. The molecule has 2 fully saturated rings. The van der Waals surface area contributed by atoms with E-state index in [2.05, 4.69) is 41.5 Å². The molecule has 1 saturated carbocycles. The molecule has 2 N–H and O–H groups in total. The van der Waals surface area contributed by atoms with Crippen molar-refractivity contribution in [2.24, 2.45) is 0 Å². The van der Waals surface area contributed by atoms with Gasteiger partial charge in [0.2, 0.25) is 17.7 Å². The summed E-state index contributed by atoms with van der Waals surface area (Å²) in [6.07, 6.45) is 3.73. The summed E-state index contributed by atoms with van der Waals surface area (Å²) in [4.78, 5) is 25.7. The summed E-state index contributed by atoms with van der Waals surface area (Å²) in [5, 5.41) is 6.79. The molecule has 0 bridgehead atoms. The SMILES string of the molecule is [2H]C([2H])([2H])C1(c2nc(C3CC3)c(Nc3ncc(Br)c(OC)n3)s2)CCNC1=O. The van der Waals surface area contributed by atoms with Crippen LogP contribution in [0, 0.1) is 0 Å². The van der Waals surface area contributed by atoms with Crippen LogP contribution in [0.25, 0.3) is 0 Å². The van der Waals surface area contributed by atoms with E-state index < -0.39 is 18.2 Å². The van der Waals surface area contributed by atoms with Crippen molar-refractivity contribution in [2.75, 3.05) is 19.0 Å². The predicted octanol–water partition coefficient (Wildman–Crippen LogP) is 3.10. The number of ether oxygens (including phenoxy) is 1. The fourth-order valence-corrected chi connectivity index (χ4v) is 4.24. The molecule has 1 aliphatic heterocycles. The van der Waals surface area contributed by atoms with Gasteiger partial charge in [-0.25, -0.2) is 9.97 Å². The second kappa shape index (κ2) is 6.21. The molecular formula is C16H18BrN5O2S. The average Bonchev–Trinajstić information content (AvgIpc) is 3.27. The summed E-state index contributed by atoms with van der Waals surface area (Å²) in [5.74, 6) is 0.458. The Bertz CT molecular complexity index is 933. The molecule has 25 heavy (non-hydrogen) atoms. The first-order chi connectivity index (χ1) is 13.3. The number of anilines is 2. The van der Waals surface area contributed by atoms with Crippen molar-refractivity contribution in [3.05, 3.63) is 21.4 Å². The van der Waals surface area contributed by atoms with Crippen LogP contribution < -0.4 is 15.4 Å². The molecule has 4 rings (SSSR count). The van der Waals surface area contributed by atoms with Crippen LogP contribution >= 0.6 is 27.3 Å². The van der Waals surface area contributed by atoms with Gasteiger partial charge < -0.3 is 15.4 Å². The number of hydrogen-bond donors (Lipinski definition) is 2. The van der Waals surface area contributed by atoms with Gasteiger partial charge in [-0.2, -0.15) is 4.98 Å². The standard InChI is InChI=1S/C16H18BrN5O2S/c1-16(5-6-18-13(16)23)14-20-10(8-3-4-8)12(25-14)22-15-19-7-9(17)11(21-15)24-2/h7-8H,3-6H2,1-2H3,(H,18,23)(H,19,21,22)/i1D3. The molecule has 3 heterocycles. The lowest BCUT2D eigenvalue weighted by Crippen LogP contribution is -2.32. The smallest absolute Gasteiger partial charge is 0.232 e. The third-order valence-corrected chi connectivity index (χ3v) is 5.98. The first-order valence-corrected chi connectivity index (χ1v) is 9.50. The second-order valence-corrected chi connectivity index (χ2v) is 7.95. The minimum absolute atomic E-state index is 0.196. The summed E-state index contributed by atoms with van der Waals surface area (Å²) in [7, 11) is 1.51. The number of carbonyl (C=O) groups is 1. The molecule has 2 aliphatic rings. The van der Waals surface area contributed by atoms with Crippen LogP contribution in [0.3, 0.4) is 0 Å². The number of thiazole rings is 1. The zero-order valence-electron chi connectivity index (χ0n) is 16.4. The van der Waals surface area contributed by atoms with E-state index in [1.165, 1.54) is 18.4 Å². The number of halogens is 1. The lowest BCUT2D eigenvalue weighted by atomic mass is 9.90. The van der Waals surface area contributed by atoms with E-state index in [0.29, 0.717) is 32.9 Å². The highest BCUT2D eigenvalue weighted by atomic mass is 79.9. The highest BCUT2D eigenvalue weighted by Gasteiger charge is 2.43. The quantitative estimate of drug-likeness (QED) is 0.763. The normalized spacial score (nSPS) is 25.0. The van der Waals surface area contributed by atoms with E-state index in [-0.39, 0.29) is 12.3 Å². The van der Waals surface area contributed by atoms with E-state index in [4.69, 9.17) is 8.85 Å². The Morgan fingerprint density at radius 2 is 2.36 bits per heavy atom. The van der Waals surface area contributed by atoms with Crippen LogP contribution in [0.2, 0.25) is 0 Å². The monoisotopic (exact) mass is 426 g/mol. The maximum Gasteiger partial charge on any atom is 0.232 e. The molecule has 1 saturated heterocycles. The number of rotatable bonds is 5. The summed E-state index contributed by atoms with van der Waals surface area (Å²) in [6.45, 7) is -2.16. The van der Waals surface area contributed by atoms with E-state index in [0.717, 1.165) is 18.5 Å². The van der Waals surface area contributed by atoms with Gasteiger partial charge >= 0.3 is 0 Å². The van der Waals surface area contributed by atoms with Gasteiger partial charge in [0.05, 0.1) is 28.9 Å². The van der Waals surface area contributed by atoms with E-state index in [1.54, 1.807) is 6.20 Å². The van der Waals surface area contributed by atoms with Crippen LogP contribution in [-0.4, -0.2) is 34.5 Å². The van der Waals surface area contributed by atoms with Crippen molar-refractivity contribution in [3.8, 4) is 5.88 Å². The number of amides is 1. The van der Waals surface area contributed by atoms with Gasteiger partial charge in [0.1, 0.15) is 10.0 Å². The average molecular weight is 427 g/mol. The maximum absolute atomic E-state index is 12.6. The Morgan fingerprint density at radius 3 is 3.00 bits per heavy atom. The van der Waals surface area contributed by atoms with Crippen molar-refractivity contribution < 1.29 is 13.6 Å². The molecule has 0 radical (unpaired) electrons. The first-order valence-electron chi connectivity index (χ1n) is 9.39. The van der Waals surface area contributed by atoms with Gasteiger partial charge in [0.25, 0.3) is 0 Å². The third-order valence-electron chi connectivity index (χ3n) is 4.29. The molecule has 2 aromatic rings. The molecule has 1 unspecified atom stereocenters. The number of aromatic nitrogens is 3. The molecule has 2 aromatic heterocycles. The number of hydrogen-bond acceptors (Lipinski definition) is 7. The highest BCUT2D eigenvalue weighted by molar-refractivity contribution is 9.10. The summed E-state index contributed by atoms with van der Waals surface area (Å²) in [5.41, 5.74) is -0.840. The van der Waals surface area contributed by atoms with Gasteiger partial charge in [-0.3, -0.25) is 4.79 Å². The van der Waals surface area contributed by atoms with Crippen LogP contribution in [0.4, 0.5) is 10.9 Å². The molecule has 1 atom stereocenters. The van der Waals surface area contributed by atoms with Crippen molar-refractivity contribution in [1.82, 2.24) is 20.3 Å². The molecule has 9 heteroatoms. The fourth-order valence-electron chi connectivity index (χ4n) is 2.73. The number of carbonyl (C=O) groups excluding carboxylic acids is 1. The van der Waals surface area contributed by atoms with E-state index in [9.17, 15) is 4.79 Å². The van der Waals surface area contributed by atoms with E-state index >= 15 is 0 Å². The molecule has 7 nitrogen and oxygen atoms in total. The third kappa shape index (κ3) is 2.99. The molecule has 0 aromatic carbocycles. The first kappa shape index (κ1) is 13.5. The Morgan fingerprint density at radius 1 is 1.52 bits per heavy atom. The van der Waals surface area contributed by atoms with E-state index in [1.807, 2.05) is 0 Å². The van der Waals surface area contributed by atoms with Crippen LogP contribution in [0.1, 0.15) is 46.8 Å². The largest absolute Gasteiger partial charge is 0.480 e. The summed E-state index contributed by atoms with van der Waals surface area (Å²) >= 11 is 4.50. The van der Waals surface area contributed by atoms with Gasteiger partial charge in [-0.1, -0.05) is 11.3 Å². The molecule has 132 valence electrons. The van der Waals surface area contributed by atoms with Crippen molar-refractivity contribution in [2.45, 2.75) is 37.4 Å². The van der Waals surface area contributed by atoms with Crippen LogP contribution in [0.5, 0.6) is 5.88 Å². The number of nitrogens with one attached hydrogen (secondary N) is 2. The lowest BCUT2D eigenvalue weighted by molar-refractivity contribution is -0.123. The zero-order valence-corrected chi connectivity index (χ0v) is 15.8. The van der Waals surface area contributed by atoms with Crippen molar-refractivity contribution >= 4 is 44.1 Å². The Kier molecular flexibility index (Phi) is 3.34. The maximum atomic E-state index is 12.6. The lowest BCUT2D eigenvalue weighted by Gasteiger charge is -2.16. The topological polar surface area (TPSA) is 89.0 Å². The molecule has 1 aliphatic carbocycles. The fraction of sp³-hybridized carbons (Fsp3) is 0.500. The molecule has 1 amide bonds. The zero-order chi connectivity index (χ0) is 20.1. The van der Waals surface area contributed by atoms with Crippen molar-refractivity contribution in [1.29, 1.82) is 0 Å². The summed E-state index contributed by atoms with van der Waals surface area (Å²) in [6, 6.07) is 0. The highest BCUT2D eigenvalue weighted by Crippen LogP contribution is 2.48. The Labute approximate surface area is 162 Å². The van der Waals surface area contributed by atoms with Crippen molar-refractivity contribution in [3.63, 3.8) is 0 Å². The Balaban J connectivity index is 1.75. The number of nitrogens with zero attached hydrogens (tertiary/aromatic N) is 3. The van der Waals surface area contributed by atoms with Crippen LogP contribution in [-0.2, 0) is 10.2 Å². The van der Waals surface area contributed by atoms with Gasteiger partial charge in [-0.15, -0.1) is 0 Å². The Hall–Kier alpha value is -1.74. The van der Waals surface area contributed by atoms with Crippen LogP contribution in [0.15, 0.2) is 10.7 Å². The second-order valence-electron chi connectivity index (χ2n) is 6.09. The summed E-state index contributed by atoms with van der Waals surface area (Å²) < 4.78 is 29.9.